The Labute approximate surface area is 135 Å². The largest absolute Gasteiger partial charge is 0.474 e. The number of hydrogen-bond donors (Lipinski definition) is 0. The summed E-state index contributed by atoms with van der Waals surface area (Å²) in [7, 11) is 0. The Morgan fingerprint density at radius 1 is 1.13 bits per heavy atom. The molecule has 4 heteroatoms. The fraction of sp³-hybridized carbons (Fsp3) is 0.368. The highest BCUT2D eigenvalue weighted by Crippen LogP contribution is 2.40. The van der Waals surface area contributed by atoms with Crippen LogP contribution in [0.5, 0.6) is 5.88 Å². The monoisotopic (exact) mass is 308 g/mol. The van der Waals surface area contributed by atoms with Crippen LogP contribution < -0.4 is 4.74 Å². The third-order valence-electron chi connectivity index (χ3n) is 4.56. The van der Waals surface area contributed by atoms with Gasteiger partial charge in [-0.3, -0.25) is 0 Å². The van der Waals surface area contributed by atoms with Crippen LogP contribution in [0.2, 0.25) is 0 Å². The minimum atomic E-state index is 0.140. The van der Waals surface area contributed by atoms with Crippen molar-refractivity contribution in [3.05, 3.63) is 53.5 Å². The molecule has 1 aromatic carbocycles. The SMILES string of the molecule is Cc1ccc(OC2CCCC2c2cccc3nc(C)oc23)nc1. The summed E-state index contributed by atoms with van der Waals surface area (Å²) in [6.07, 6.45) is 5.30. The normalized spacial score (nSPS) is 21.0. The highest BCUT2D eigenvalue weighted by atomic mass is 16.5. The molecule has 0 spiro atoms. The maximum atomic E-state index is 6.18. The number of fused-ring (bicyclic) bond motifs is 1. The van der Waals surface area contributed by atoms with Gasteiger partial charge in [-0.2, -0.15) is 0 Å². The van der Waals surface area contributed by atoms with E-state index in [9.17, 15) is 0 Å². The lowest BCUT2D eigenvalue weighted by atomic mass is 9.95. The Morgan fingerprint density at radius 2 is 2.04 bits per heavy atom. The van der Waals surface area contributed by atoms with E-state index >= 15 is 0 Å². The maximum absolute atomic E-state index is 6.18. The summed E-state index contributed by atoms with van der Waals surface area (Å²) in [5, 5.41) is 0. The van der Waals surface area contributed by atoms with Gasteiger partial charge in [0.25, 0.3) is 0 Å². The molecule has 0 bridgehead atoms. The Kier molecular flexibility index (Phi) is 3.52. The molecule has 4 nitrogen and oxygen atoms in total. The van der Waals surface area contributed by atoms with Crippen molar-refractivity contribution in [2.24, 2.45) is 0 Å². The quantitative estimate of drug-likeness (QED) is 0.712. The molecule has 2 atom stereocenters. The molecule has 0 aliphatic heterocycles. The molecule has 2 unspecified atom stereocenters. The van der Waals surface area contributed by atoms with Crippen LogP contribution in [-0.2, 0) is 0 Å². The number of para-hydroxylation sites is 1. The number of nitrogens with zero attached hydrogens (tertiary/aromatic N) is 2. The van der Waals surface area contributed by atoms with Crippen LogP contribution in [0.15, 0.2) is 40.9 Å². The number of pyridine rings is 1. The van der Waals surface area contributed by atoms with Crippen LogP contribution in [0, 0.1) is 13.8 Å². The van der Waals surface area contributed by atoms with E-state index in [1.165, 1.54) is 5.56 Å². The third-order valence-corrected chi connectivity index (χ3v) is 4.56. The van der Waals surface area contributed by atoms with Gasteiger partial charge in [0.1, 0.15) is 11.6 Å². The predicted molar refractivity (Wildman–Crippen MR) is 88.7 cm³/mol. The van der Waals surface area contributed by atoms with Gasteiger partial charge in [0.2, 0.25) is 5.88 Å². The van der Waals surface area contributed by atoms with E-state index < -0.39 is 0 Å². The number of aryl methyl sites for hydroxylation is 2. The van der Waals surface area contributed by atoms with Crippen molar-refractivity contribution in [2.75, 3.05) is 0 Å². The molecule has 1 saturated carbocycles. The van der Waals surface area contributed by atoms with Crippen molar-refractivity contribution in [3.8, 4) is 5.88 Å². The lowest BCUT2D eigenvalue weighted by Gasteiger charge is -2.21. The first-order chi connectivity index (χ1) is 11.2. The summed E-state index contributed by atoms with van der Waals surface area (Å²) in [5.41, 5.74) is 4.18. The van der Waals surface area contributed by atoms with E-state index in [4.69, 9.17) is 9.15 Å². The fourth-order valence-electron chi connectivity index (χ4n) is 3.48. The first kappa shape index (κ1) is 14.2. The van der Waals surface area contributed by atoms with E-state index in [1.54, 1.807) is 0 Å². The first-order valence-corrected chi connectivity index (χ1v) is 8.16. The topological polar surface area (TPSA) is 48.2 Å². The molecule has 23 heavy (non-hydrogen) atoms. The second-order valence-electron chi connectivity index (χ2n) is 6.30. The molecule has 0 amide bonds. The Morgan fingerprint density at radius 3 is 2.87 bits per heavy atom. The third kappa shape index (κ3) is 2.69. The average Bonchev–Trinajstić information content (AvgIpc) is 3.14. The fourth-order valence-corrected chi connectivity index (χ4v) is 3.48. The minimum Gasteiger partial charge on any atom is -0.474 e. The van der Waals surface area contributed by atoms with E-state index in [2.05, 4.69) is 22.1 Å². The van der Waals surface area contributed by atoms with Crippen LogP contribution in [0.3, 0.4) is 0 Å². The van der Waals surface area contributed by atoms with Crippen molar-refractivity contribution >= 4 is 11.1 Å². The first-order valence-electron chi connectivity index (χ1n) is 8.16. The lowest BCUT2D eigenvalue weighted by molar-refractivity contribution is 0.182. The van der Waals surface area contributed by atoms with Gasteiger partial charge in [0, 0.05) is 30.7 Å². The highest BCUT2D eigenvalue weighted by molar-refractivity contribution is 5.77. The molecule has 0 saturated heterocycles. The molecular weight excluding hydrogens is 288 g/mol. The zero-order valence-corrected chi connectivity index (χ0v) is 13.5. The van der Waals surface area contributed by atoms with Gasteiger partial charge >= 0.3 is 0 Å². The van der Waals surface area contributed by atoms with Gasteiger partial charge in [-0.05, 0) is 37.8 Å². The summed E-state index contributed by atoms with van der Waals surface area (Å²) in [4.78, 5) is 8.82. The van der Waals surface area contributed by atoms with Gasteiger partial charge in [0.05, 0.1) is 0 Å². The standard InChI is InChI=1S/C19H20N2O2/c1-12-9-10-18(20-11-12)23-17-8-4-5-14(17)15-6-3-7-16-19(15)22-13(2)21-16/h3,6-7,9-11,14,17H,4-5,8H2,1-2H3. The van der Waals surface area contributed by atoms with Crippen LogP contribution in [-0.4, -0.2) is 16.1 Å². The molecular formula is C19H20N2O2. The van der Waals surface area contributed by atoms with E-state index in [1.807, 2.05) is 38.2 Å². The van der Waals surface area contributed by atoms with Crippen molar-refractivity contribution in [2.45, 2.75) is 45.1 Å². The second-order valence-corrected chi connectivity index (χ2v) is 6.30. The van der Waals surface area contributed by atoms with Gasteiger partial charge in [-0.1, -0.05) is 18.2 Å². The zero-order chi connectivity index (χ0) is 15.8. The number of rotatable bonds is 3. The average molecular weight is 308 g/mol. The van der Waals surface area contributed by atoms with Gasteiger partial charge in [0.15, 0.2) is 11.5 Å². The summed E-state index contributed by atoms with van der Waals surface area (Å²) >= 11 is 0. The predicted octanol–water partition coefficient (Wildman–Crippen LogP) is 4.55. The Bertz CT molecular complexity index is 823. The highest BCUT2D eigenvalue weighted by Gasteiger charge is 2.32. The van der Waals surface area contributed by atoms with Crippen LogP contribution in [0.1, 0.15) is 42.2 Å². The number of aromatic nitrogens is 2. The second kappa shape index (κ2) is 5.69. The lowest BCUT2D eigenvalue weighted by Crippen LogP contribution is -2.20. The Hall–Kier alpha value is -2.36. The number of ether oxygens (including phenoxy) is 1. The van der Waals surface area contributed by atoms with Crippen molar-refractivity contribution in [1.82, 2.24) is 9.97 Å². The van der Waals surface area contributed by atoms with Crippen molar-refractivity contribution < 1.29 is 9.15 Å². The molecule has 1 aliphatic carbocycles. The van der Waals surface area contributed by atoms with E-state index in [0.29, 0.717) is 17.7 Å². The molecule has 0 N–H and O–H groups in total. The van der Waals surface area contributed by atoms with Crippen molar-refractivity contribution in [1.29, 1.82) is 0 Å². The van der Waals surface area contributed by atoms with E-state index in [-0.39, 0.29) is 6.10 Å². The zero-order valence-electron chi connectivity index (χ0n) is 13.5. The molecule has 1 aliphatic rings. The minimum absolute atomic E-state index is 0.140. The molecule has 3 aromatic rings. The molecule has 0 radical (unpaired) electrons. The molecule has 2 heterocycles. The molecule has 4 rings (SSSR count). The van der Waals surface area contributed by atoms with E-state index in [0.717, 1.165) is 35.9 Å². The van der Waals surface area contributed by atoms with Crippen LogP contribution in [0.4, 0.5) is 0 Å². The van der Waals surface area contributed by atoms with Crippen LogP contribution >= 0.6 is 0 Å². The van der Waals surface area contributed by atoms with Gasteiger partial charge < -0.3 is 9.15 Å². The summed E-state index contributed by atoms with van der Waals surface area (Å²) in [6, 6.07) is 10.2. The van der Waals surface area contributed by atoms with Crippen LogP contribution in [0.25, 0.3) is 11.1 Å². The molecule has 2 aromatic heterocycles. The maximum Gasteiger partial charge on any atom is 0.213 e. The number of oxazole rings is 1. The number of hydrogen-bond acceptors (Lipinski definition) is 4. The van der Waals surface area contributed by atoms with Crippen molar-refractivity contribution in [3.63, 3.8) is 0 Å². The van der Waals surface area contributed by atoms with Gasteiger partial charge in [-0.25, -0.2) is 9.97 Å². The summed E-state index contributed by atoms with van der Waals surface area (Å²) in [5.74, 6) is 1.74. The molecule has 1 fully saturated rings. The smallest absolute Gasteiger partial charge is 0.213 e. The number of benzene rings is 1. The Balaban J connectivity index is 1.65. The molecule has 118 valence electrons. The summed E-state index contributed by atoms with van der Waals surface area (Å²) in [6.45, 7) is 3.92. The van der Waals surface area contributed by atoms with Gasteiger partial charge in [-0.15, -0.1) is 0 Å². The summed E-state index contributed by atoms with van der Waals surface area (Å²) < 4.78 is 12.0.